The molecule has 1 amide bonds. The fourth-order valence-corrected chi connectivity index (χ4v) is 2.25. The van der Waals surface area contributed by atoms with Crippen LogP contribution in [0.4, 0.5) is 0 Å². The van der Waals surface area contributed by atoms with Gasteiger partial charge in [0.2, 0.25) is 5.56 Å². The third-order valence-electron chi connectivity index (χ3n) is 3.53. The maximum absolute atomic E-state index is 12.4. The van der Waals surface area contributed by atoms with E-state index in [1.54, 1.807) is 24.3 Å². The van der Waals surface area contributed by atoms with Crippen molar-refractivity contribution < 1.29 is 19.4 Å². The monoisotopic (exact) mass is 330 g/mol. The highest BCUT2D eigenvalue weighted by molar-refractivity contribution is 5.94. The number of nitrogens with zero attached hydrogens (tertiary/aromatic N) is 1. The van der Waals surface area contributed by atoms with Crippen molar-refractivity contribution in [1.82, 2.24) is 9.88 Å². The quantitative estimate of drug-likeness (QED) is 0.833. The summed E-state index contributed by atoms with van der Waals surface area (Å²) >= 11 is 0. The Bertz CT molecular complexity index is 813. The fraction of sp³-hybridized carbons (Fsp3) is 0.235. The van der Waals surface area contributed by atoms with Crippen molar-refractivity contribution in [1.29, 1.82) is 0 Å². The molecule has 126 valence electrons. The first-order chi connectivity index (χ1) is 11.4. The first-order valence-corrected chi connectivity index (χ1v) is 7.24. The number of carbonyl (C=O) groups is 2. The van der Waals surface area contributed by atoms with E-state index in [9.17, 15) is 14.4 Å². The van der Waals surface area contributed by atoms with Crippen molar-refractivity contribution in [2.75, 3.05) is 7.11 Å². The number of aliphatic carboxylic acids is 1. The standard InChI is InChI=1S/C17H18N2O5/c1-19-10-12(6-7-15(19)20)17(23)18-14(9-16(21)22)11-4-3-5-13(8-11)24-2/h3-8,10,14H,9H2,1-2H3,(H,18,23)(H,21,22). The molecular weight excluding hydrogens is 312 g/mol. The number of ether oxygens (including phenoxy) is 1. The zero-order chi connectivity index (χ0) is 17.7. The highest BCUT2D eigenvalue weighted by Gasteiger charge is 2.19. The molecule has 0 saturated carbocycles. The first-order valence-electron chi connectivity index (χ1n) is 7.24. The van der Waals surface area contributed by atoms with Gasteiger partial charge in [0.15, 0.2) is 0 Å². The van der Waals surface area contributed by atoms with Crippen molar-refractivity contribution in [3.63, 3.8) is 0 Å². The lowest BCUT2D eigenvalue weighted by molar-refractivity contribution is -0.137. The van der Waals surface area contributed by atoms with E-state index in [1.165, 1.54) is 37.1 Å². The van der Waals surface area contributed by atoms with Crippen molar-refractivity contribution in [3.8, 4) is 5.75 Å². The Balaban J connectivity index is 2.27. The lowest BCUT2D eigenvalue weighted by atomic mass is 10.0. The Hall–Kier alpha value is -3.09. The van der Waals surface area contributed by atoms with E-state index in [1.807, 2.05) is 0 Å². The molecule has 0 aliphatic rings. The van der Waals surface area contributed by atoms with E-state index in [4.69, 9.17) is 9.84 Å². The molecular formula is C17H18N2O5. The van der Waals surface area contributed by atoms with Gasteiger partial charge in [-0.3, -0.25) is 14.4 Å². The maximum Gasteiger partial charge on any atom is 0.305 e. The van der Waals surface area contributed by atoms with Gasteiger partial charge < -0.3 is 19.7 Å². The predicted molar refractivity (Wildman–Crippen MR) is 87.1 cm³/mol. The molecule has 2 rings (SSSR count). The van der Waals surface area contributed by atoms with Crippen LogP contribution >= 0.6 is 0 Å². The topological polar surface area (TPSA) is 97.6 Å². The minimum Gasteiger partial charge on any atom is -0.497 e. The molecule has 1 unspecified atom stereocenters. The number of benzene rings is 1. The summed E-state index contributed by atoms with van der Waals surface area (Å²) < 4.78 is 6.41. The maximum atomic E-state index is 12.4. The largest absolute Gasteiger partial charge is 0.497 e. The SMILES string of the molecule is COc1cccc(C(CC(=O)O)NC(=O)c2ccc(=O)n(C)c2)c1. The highest BCUT2D eigenvalue weighted by Crippen LogP contribution is 2.22. The van der Waals surface area contributed by atoms with Gasteiger partial charge in [0.05, 0.1) is 25.1 Å². The zero-order valence-electron chi connectivity index (χ0n) is 13.4. The third-order valence-corrected chi connectivity index (χ3v) is 3.53. The number of hydrogen-bond acceptors (Lipinski definition) is 4. The van der Waals surface area contributed by atoms with Gasteiger partial charge in [0.25, 0.3) is 5.91 Å². The van der Waals surface area contributed by atoms with E-state index >= 15 is 0 Å². The molecule has 24 heavy (non-hydrogen) atoms. The van der Waals surface area contributed by atoms with Crippen LogP contribution in [0.15, 0.2) is 47.4 Å². The van der Waals surface area contributed by atoms with Crippen LogP contribution in [0.2, 0.25) is 0 Å². The molecule has 2 aromatic rings. The van der Waals surface area contributed by atoms with Crippen molar-refractivity contribution in [2.45, 2.75) is 12.5 Å². The van der Waals surface area contributed by atoms with Crippen molar-refractivity contribution in [3.05, 3.63) is 64.1 Å². The van der Waals surface area contributed by atoms with E-state index in [-0.39, 0.29) is 17.5 Å². The summed E-state index contributed by atoms with van der Waals surface area (Å²) in [6.07, 6.45) is 1.13. The number of carboxylic acid groups (broad SMARTS) is 1. The smallest absolute Gasteiger partial charge is 0.305 e. The minimum atomic E-state index is -1.04. The zero-order valence-corrected chi connectivity index (χ0v) is 13.4. The van der Waals surface area contributed by atoms with E-state index in [0.29, 0.717) is 11.3 Å². The van der Waals surface area contributed by atoms with Crippen LogP contribution in [0.3, 0.4) is 0 Å². The third kappa shape index (κ3) is 4.22. The average molecular weight is 330 g/mol. The van der Waals surface area contributed by atoms with Crippen LogP contribution < -0.4 is 15.6 Å². The van der Waals surface area contributed by atoms with Crippen LogP contribution in [0.25, 0.3) is 0 Å². The molecule has 2 N–H and O–H groups in total. The number of carbonyl (C=O) groups excluding carboxylic acids is 1. The first kappa shape index (κ1) is 17.3. The summed E-state index contributed by atoms with van der Waals surface area (Å²) in [7, 11) is 3.05. The molecule has 0 aliphatic carbocycles. The Morgan fingerprint density at radius 3 is 2.67 bits per heavy atom. The molecule has 0 aliphatic heterocycles. The summed E-state index contributed by atoms with van der Waals surface area (Å²) in [5, 5.41) is 11.8. The van der Waals surface area contributed by atoms with Gasteiger partial charge in [0, 0.05) is 19.3 Å². The van der Waals surface area contributed by atoms with Gasteiger partial charge >= 0.3 is 5.97 Å². The summed E-state index contributed by atoms with van der Waals surface area (Å²) in [5.41, 5.74) is 0.659. The number of pyridine rings is 1. The van der Waals surface area contributed by atoms with Gasteiger partial charge in [-0.25, -0.2) is 0 Å². The number of amides is 1. The molecule has 7 nitrogen and oxygen atoms in total. The number of carboxylic acids is 1. The van der Waals surface area contributed by atoms with Crippen molar-refractivity contribution >= 4 is 11.9 Å². The number of nitrogens with one attached hydrogen (secondary N) is 1. The number of hydrogen-bond donors (Lipinski definition) is 2. The Kier molecular flexibility index (Phi) is 5.36. The molecule has 0 fully saturated rings. The molecule has 0 spiro atoms. The van der Waals surface area contributed by atoms with Gasteiger partial charge in [-0.2, -0.15) is 0 Å². The van der Waals surface area contributed by atoms with Gasteiger partial charge in [0.1, 0.15) is 5.75 Å². The number of aromatic nitrogens is 1. The van der Waals surface area contributed by atoms with Crippen LogP contribution in [-0.2, 0) is 11.8 Å². The highest BCUT2D eigenvalue weighted by atomic mass is 16.5. The van der Waals surface area contributed by atoms with Gasteiger partial charge in [-0.15, -0.1) is 0 Å². The summed E-state index contributed by atoms with van der Waals surface area (Å²) in [5.74, 6) is -0.928. The minimum absolute atomic E-state index is 0.235. The second-order valence-electron chi connectivity index (χ2n) is 5.27. The molecule has 1 heterocycles. The molecule has 1 aromatic heterocycles. The summed E-state index contributed by atoms with van der Waals surface area (Å²) in [4.78, 5) is 34.9. The molecule has 0 saturated heterocycles. The summed E-state index contributed by atoms with van der Waals surface area (Å²) in [6, 6.07) is 8.82. The lowest BCUT2D eigenvalue weighted by Gasteiger charge is -2.18. The summed E-state index contributed by atoms with van der Waals surface area (Å²) in [6.45, 7) is 0. The Labute approximate surface area is 138 Å². The number of methoxy groups -OCH3 is 1. The Morgan fingerprint density at radius 1 is 1.29 bits per heavy atom. The van der Waals surface area contributed by atoms with E-state index in [2.05, 4.69) is 5.32 Å². The van der Waals surface area contributed by atoms with Crippen LogP contribution in [0.5, 0.6) is 5.75 Å². The molecule has 7 heteroatoms. The lowest BCUT2D eigenvalue weighted by Crippen LogP contribution is -2.31. The second-order valence-corrected chi connectivity index (χ2v) is 5.27. The normalized spacial score (nSPS) is 11.6. The predicted octanol–water partition coefficient (Wildman–Crippen LogP) is 1.34. The van der Waals surface area contributed by atoms with Crippen LogP contribution in [0.1, 0.15) is 28.4 Å². The van der Waals surface area contributed by atoms with Crippen LogP contribution in [0, 0.1) is 0 Å². The molecule has 0 radical (unpaired) electrons. The van der Waals surface area contributed by atoms with E-state index < -0.39 is 17.9 Å². The van der Waals surface area contributed by atoms with Gasteiger partial charge in [-0.05, 0) is 23.8 Å². The average Bonchev–Trinajstić information content (AvgIpc) is 2.56. The van der Waals surface area contributed by atoms with Gasteiger partial charge in [-0.1, -0.05) is 12.1 Å². The van der Waals surface area contributed by atoms with E-state index in [0.717, 1.165) is 0 Å². The number of aryl methyl sites for hydroxylation is 1. The van der Waals surface area contributed by atoms with Crippen molar-refractivity contribution in [2.24, 2.45) is 7.05 Å². The fourth-order valence-electron chi connectivity index (χ4n) is 2.25. The molecule has 1 atom stereocenters. The Morgan fingerprint density at radius 2 is 2.04 bits per heavy atom. The van der Waals surface area contributed by atoms with Crippen LogP contribution in [-0.4, -0.2) is 28.7 Å². The molecule has 0 bridgehead atoms. The molecule has 1 aromatic carbocycles. The number of rotatable bonds is 6. The second kappa shape index (κ2) is 7.45.